The highest BCUT2D eigenvalue weighted by Gasteiger charge is 2.23. The largest absolute Gasteiger partial charge is 0.467 e. The summed E-state index contributed by atoms with van der Waals surface area (Å²) < 4.78 is 5.82. The predicted octanol–water partition coefficient (Wildman–Crippen LogP) is 4.40. The average molecular weight is 367 g/mol. The zero-order valence-corrected chi connectivity index (χ0v) is 17.7. The van der Waals surface area contributed by atoms with Crippen molar-refractivity contribution in [2.45, 2.75) is 79.2 Å². The molecular weight excluding hydrogens is 328 g/mol. The van der Waals surface area contributed by atoms with E-state index < -0.39 is 6.04 Å². The van der Waals surface area contributed by atoms with Gasteiger partial charge in [-0.2, -0.15) is 0 Å². The van der Waals surface area contributed by atoms with Crippen LogP contribution in [0, 0.1) is 5.92 Å². The quantitative estimate of drug-likeness (QED) is 0.227. The van der Waals surface area contributed by atoms with Crippen LogP contribution in [0.3, 0.4) is 0 Å². The molecule has 1 amide bonds. The minimum absolute atomic E-state index is 0.149. The third kappa shape index (κ3) is 9.07. The Morgan fingerprint density at radius 2 is 1.85 bits per heavy atom. The van der Waals surface area contributed by atoms with Crippen molar-refractivity contribution in [1.82, 2.24) is 10.2 Å². The van der Waals surface area contributed by atoms with Crippen molar-refractivity contribution >= 4 is 12.2 Å². The maximum absolute atomic E-state index is 12.9. The van der Waals surface area contributed by atoms with Crippen molar-refractivity contribution in [3.05, 3.63) is 23.3 Å². The third-order valence-electron chi connectivity index (χ3n) is 4.46. The molecule has 0 radical (unpaired) electrons. The van der Waals surface area contributed by atoms with Crippen LogP contribution in [0.5, 0.6) is 0 Å². The highest BCUT2D eigenvalue weighted by atomic mass is 16.5. The molecular formula is C21H38N2O3. The monoisotopic (exact) mass is 366 g/mol. The fourth-order valence-corrected chi connectivity index (χ4v) is 2.59. The van der Waals surface area contributed by atoms with Crippen LogP contribution in [-0.4, -0.2) is 37.2 Å². The van der Waals surface area contributed by atoms with Gasteiger partial charge in [-0.1, -0.05) is 40.0 Å². The molecule has 0 aromatic rings. The number of nitrogens with one attached hydrogen (secondary N) is 1. The number of unbranched alkanes of at least 4 members (excludes halogenated alkanes) is 3. The number of hydrogen-bond donors (Lipinski definition) is 1. The van der Waals surface area contributed by atoms with Crippen LogP contribution in [0.4, 0.5) is 0 Å². The van der Waals surface area contributed by atoms with Crippen molar-refractivity contribution in [2.75, 3.05) is 14.1 Å². The molecule has 0 heterocycles. The average Bonchev–Trinajstić information content (AvgIpc) is 2.63. The molecule has 1 unspecified atom stereocenters. The number of carbonyl (C=O) groups excluding carboxylic acids is 2. The van der Waals surface area contributed by atoms with Crippen LogP contribution in [-0.2, 0) is 14.3 Å². The zero-order valence-electron chi connectivity index (χ0n) is 17.7. The van der Waals surface area contributed by atoms with Crippen LogP contribution < -0.4 is 5.32 Å². The smallest absolute Gasteiger partial charge is 0.253 e. The van der Waals surface area contributed by atoms with E-state index in [1.807, 2.05) is 27.8 Å². The molecule has 0 aromatic carbocycles. The minimum atomic E-state index is -0.409. The molecule has 0 saturated heterocycles. The Balaban J connectivity index is 5.34. The summed E-state index contributed by atoms with van der Waals surface area (Å²) in [6, 6.07) is -0.409. The van der Waals surface area contributed by atoms with Crippen molar-refractivity contribution < 1.29 is 14.3 Å². The highest BCUT2D eigenvalue weighted by Crippen LogP contribution is 2.20. The van der Waals surface area contributed by atoms with Crippen molar-refractivity contribution in [1.29, 1.82) is 0 Å². The number of rotatable bonds is 13. The van der Waals surface area contributed by atoms with Gasteiger partial charge in [-0.3, -0.25) is 4.79 Å². The molecule has 0 aliphatic heterocycles. The number of allylic oxidation sites excluding steroid dienone is 2. The molecule has 0 spiro atoms. The summed E-state index contributed by atoms with van der Waals surface area (Å²) in [6.07, 6.45) is 8.30. The van der Waals surface area contributed by atoms with E-state index in [0.29, 0.717) is 23.7 Å². The Morgan fingerprint density at radius 1 is 1.19 bits per heavy atom. The second-order valence-corrected chi connectivity index (χ2v) is 7.28. The van der Waals surface area contributed by atoms with Crippen LogP contribution in [0.1, 0.15) is 73.1 Å². The molecule has 5 heteroatoms. The summed E-state index contributed by atoms with van der Waals surface area (Å²) in [5, 5.41) is 3.01. The number of nitrogens with zero attached hydrogens (tertiary/aromatic N) is 1. The fraction of sp³-hybridized carbons (Fsp3) is 0.714. The Kier molecular flexibility index (Phi) is 12.5. The van der Waals surface area contributed by atoms with E-state index >= 15 is 0 Å². The molecule has 0 bridgehead atoms. The maximum Gasteiger partial charge on any atom is 0.253 e. The van der Waals surface area contributed by atoms with Gasteiger partial charge < -0.3 is 19.7 Å². The van der Waals surface area contributed by atoms with Gasteiger partial charge in [-0.15, -0.1) is 0 Å². The van der Waals surface area contributed by atoms with Crippen LogP contribution in [0.2, 0.25) is 0 Å². The molecule has 5 nitrogen and oxygen atoms in total. The molecule has 0 aliphatic rings. The van der Waals surface area contributed by atoms with Gasteiger partial charge in [0.05, 0.1) is 11.6 Å². The SMILES string of the molecule is CCCCCC/C(O/C=C(/C)NC)=C(\C)C(=O)N(C)C(C=O)CC(C)C. The van der Waals surface area contributed by atoms with Crippen molar-refractivity contribution in [3.8, 4) is 0 Å². The first-order valence-corrected chi connectivity index (χ1v) is 9.71. The normalized spacial score (nSPS) is 13.9. The van der Waals surface area contributed by atoms with Crippen LogP contribution in [0.15, 0.2) is 23.3 Å². The fourth-order valence-electron chi connectivity index (χ4n) is 2.59. The number of carbonyl (C=O) groups is 2. The Labute approximate surface area is 159 Å². The maximum atomic E-state index is 12.9. The second-order valence-electron chi connectivity index (χ2n) is 7.28. The van der Waals surface area contributed by atoms with E-state index in [9.17, 15) is 9.59 Å². The third-order valence-corrected chi connectivity index (χ3v) is 4.46. The van der Waals surface area contributed by atoms with Crippen molar-refractivity contribution in [3.63, 3.8) is 0 Å². The molecule has 0 fully saturated rings. The van der Waals surface area contributed by atoms with E-state index in [2.05, 4.69) is 12.2 Å². The summed E-state index contributed by atoms with van der Waals surface area (Å²) in [7, 11) is 3.52. The lowest BCUT2D eigenvalue weighted by Crippen LogP contribution is -2.39. The van der Waals surface area contributed by atoms with Crippen molar-refractivity contribution in [2.24, 2.45) is 5.92 Å². The molecule has 1 atom stereocenters. The molecule has 1 N–H and O–H groups in total. The van der Waals surface area contributed by atoms with Crippen LogP contribution in [0.25, 0.3) is 0 Å². The summed E-state index contributed by atoms with van der Waals surface area (Å²) in [4.78, 5) is 25.8. The number of aldehydes is 1. The van der Waals surface area contributed by atoms with Gasteiger partial charge in [0.25, 0.3) is 5.91 Å². The highest BCUT2D eigenvalue weighted by molar-refractivity contribution is 5.94. The molecule has 0 saturated carbocycles. The number of hydrogen-bond acceptors (Lipinski definition) is 4. The molecule has 0 aromatic heterocycles. The number of ether oxygens (including phenoxy) is 1. The molecule has 0 aliphatic carbocycles. The summed E-state index contributed by atoms with van der Waals surface area (Å²) >= 11 is 0. The Morgan fingerprint density at radius 3 is 2.35 bits per heavy atom. The van der Waals surface area contributed by atoms with Gasteiger partial charge in [0, 0.05) is 26.2 Å². The first-order valence-electron chi connectivity index (χ1n) is 9.71. The van der Waals surface area contributed by atoms with Gasteiger partial charge in [0.1, 0.15) is 18.3 Å². The Hall–Kier alpha value is -1.78. The molecule has 0 rings (SSSR count). The lowest BCUT2D eigenvalue weighted by Gasteiger charge is -2.26. The van der Waals surface area contributed by atoms with Gasteiger partial charge in [0.2, 0.25) is 0 Å². The van der Waals surface area contributed by atoms with E-state index in [1.165, 1.54) is 11.3 Å². The summed E-state index contributed by atoms with van der Waals surface area (Å²) in [5.74, 6) is 0.876. The molecule has 150 valence electrons. The van der Waals surface area contributed by atoms with E-state index in [4.69, 9.17) is 4.74 Å². The number of likely N-dealkylation sites (N-methyl/N-ethyl adjacent to an activating group) is 1. The number of amides is 1. The minimum Gasteiger partial charge on any atom is -0.467 e. The first-order chi connectivity index (χ1) is 12.3. The second kappa shape index (κ2) is 13.4. The zero-order chi connectivity index (χ0) is 20.1. The first kappa shape index (κ1) is 24.2. The van der Waals surface area contributed by atoms with Gasteiger partial charge >= 0.3 is 0 Å². The predicted molar refractivity (Wildman–Crippen MR) is 107 cm³/mol. The summed E-state index contributed by atoms with van der Waals surface area (Å²) in [5.41, 5.74) is 1.45. The lowest BCUT2D eigenvalue weighted by molar-refractivity contribution is -0.131. The Bertz CT molecular complexity index is 495. The van der Waals surface area contributed by atoms with Gasteiger partial charge in [-0.05, 0) is 32.6 Å². The van der Waals surface area contributed by atoms with E-state index in [1.54, 1.807) is 20.2 Å². The van der Waals surface area contributed by atoms with E-state index in [-0.39, 0.29) is 5.91 Å². The van der Waals surface area contributed by atoms with Gasteiger partial charge in [0.15, 0.2) is 0 Å². The topological polar surface area (TPSA) is 58.6 Å². The van der Waals surface area contributed by atoms with Crippen LogP contribution >= 0.6 is 0 Å². The van der Waals surface area contributed by atoms with Gasteiger partial charge in [-0.25, -0.2) is 0 Å². The molecule has 26 heavy (non-hydrogen) atoms. The standard InChI is InChI=1S/C21H38N2O3/c1-8-9-10-11-12-20(26-15-17(4)22-6)18(5)21(25)23(7)19(14-24)13-16(2)3/h14-16,19,22H,8-13H2,1-7H3/b17-15-,20-18-. The van der Waals surface area contributed by atoms with E-state index in [0.717, 1.165) is 37.7 Å². The lowest BCUT2D eigenvalue weighted by atomic mass is 10.0. The summed E-state index contributed by atoms with van der Waals surface area (Å²) in [6.45, 7) is 9.96.